The van der Waals surface area contributed by atoms with Gasteiger partial charge in [0.2, 0.25) is 17.7 Å². The number of hydrogen-bond donors (Lipinski definition) is 4. The molecule has 1 aromatic heterocycles. The van der Waals surface area contributed by atoms with E-state index in [1.54, 1.807) is 12.1 Å². The van der Waals surface area contributed by atoms with E-state index in [1.807, 2.05) is 13.0 Å². The fourth-order valence-electron chi connectivity index (χ4n) is 7.11. The highest BCUT2D eigenvalue weighted by Crippen LogP contribution is 2.53. The van der Waals surface area contributed by atoms with E-state index in [-0.39, 0.29) is 40.6 Å². The van der Waals surface area contributed by atoms with Crippen LogP contribution in [0.4, 0.5) is 10.1 Å². The summed E-state index contributed by atoms with van der Waals surface area (Å²) in [6.45, 7) is 6.48. The average molecular weight is 649 g/mol. The quantitative estimate of drug-likeness (QED) is 0.316. The summed E-state index contributed by atoms with van der Waals surface area (Å²) in [6, 6.07) is 5.52. The van der Waals surface area contributed by atoms with Gasteiger partial charge in [-0.15, -0.1) is 0 Å². The van der Waals surface area contributed by atoms with Gasteiger partial charge in [-0.05, 0) is 79.7 Å². The summed E-state index contributed by atoms with van der Waals surface area (Å²) >= 11 is 12.5. The fourth-order valence-corrected chi connectivity index (χ4v) is 7.45. The van der Waals surface area contributed by atoms with Crippen LogP contribution in [0.1, 0.15) is 76.3 Å². The van der Waals surface area contributed by atoms with Crippen LogP contribution in [0.15, 0.2) is 30.5 Å². The van der Waals surface area contributed by atoms with Gasteiger partial charge in [-0.2, -0.15) is 0 Å². The maximum atomic E-state index is 15.8. The summed E-state index contributed by atoms with van der Waals surface area (Å²) in [5.74, 6) is -3.74. The van der Waals surface area contributed by atoms with E-state index in [4.69, 9.17) is 33.7 Å². The number of benzene rings is 1. The Labute approximate surface area is 267 Å². The Morgan fingerprint density at radius 1 is 1.11 bits per heavy atom. The molecular weight excluding hydrogens is 608 g/mol. The summed E-state index contributed by atoms with van der Waals surface area (Å²) in [4.78, 5) is 44.0. The number of anilines is 1. The van der Waals surface area contributed by atoms with Gasteiger partial charge in [-0.25, -0.2) is 9.37 Å². The number of nitrogens with two attached hydrogens (primary N) is 1. The minimum atomic E-state index is -0.959. The number of amides is 3. The summed E-state index contributed by atoms with van der Waals surface area (Å²) < 4.78 is 21.4. The van der Waals surface area contributed by atoms with Crippen molar-refractivity contribution >= 4 is 46.6 Å². The van der Waals surface area contributed by atoms with Crippen LogP contribution in [0.25, 0.3) is 0 Å². The molecule has 0 bridgehead atoms. The van der Waals surface area contributed by atoms with Crippen LogP contribution in [-0.4, -0.2) is 53.0 Å². The topological polar surface area (TPSA) is 135 Å². The number of carbonyl (C=O) groups is 3. The largest absolute Gasteiger partial charge is 0.367 e. The van der Waals surface area contributed by atoms with E-state index in [2.05, 4.69) is 34.8 Å². The van der Waals surface area contributed by atoms with Gasteiger partial charge in [0.15, 0.2) is 11.0 Å². The number of nitrogens with one attached hydrogen (secondary N) is 3. The Bertz CT molecular complexity index is 1420. The van der Waals surface area contributed by atoms with Crippen molar-refractivity contribution in [3.8, 4) is 0 Å². The molecule has 1 aromatic carbocycles. The smallest absolute Gasteiger partial charge is 0.246 e. The van der Waals surface area contributed by atoms with Crippen molar-refractivity contribution in [3.05, 3.63) is 57.6 Å². The van der Waals surface area contributed by atoms with Gasteiger partial charge in [0.25, 0.3) is 0 Å². The van der Waals surface area contributed by atoms with Crippen molar-refractivity contribution in [3.63, 3.8) is 0 Å². The molecule has 12 heteroatoms. The summed E-state index contributed by atoms with van der Waals surface area (Å²) in [7, 11) is 0. The maximum Gasteiger partial charge on any atom is 0.246 e. The number of pyridine rings is 1. The molecule has 2 aliphatic heterocycles. The maximum absolute atomic E-state index is 15.8. The average Bonchev–Trinajstić information content (AvgIpc) is 3.31. The van der Waals surface area contributed by atoms with Crippen molar-refractivity contribution in [2.75, 3.05) is 11.9 Å². The van der Waals surface area contributed by atoms with Gasteiger partial charge in [0.1, 0.15) is 6.10 Å². The van der Waals surface area contributed by atoms with Crippen molar-refractivity contribution < 1.29 is 23.5 Å². The van der Waals surface area contributed by atoms with Crippen LogP contribution >= 0.6 is 23.2 Å². The van der Waals surface area contributed by atoms with Crippen molar-refractivity contribution in [2.45, 2.75) is 95.4 Å². The van der Waals surface area contributed by atoms with E-state index < -0.39 is 41.2 Å². The second-order valence-electron chi connectivity index (χ2n) is 13.1. The Balaban J connectivity index is 1.54. The molecule has 5 N–H and O–H groups in total. The van der Waals surface area contributed by atoms with Gasteiger partial charge in [-0.1, -0.05) is 50.0 Å². The molecule has 2 saturated heterocycles. The lowest BCUT2D eigenvalue weighted by molar-refractivity contribution is -0.134. The molecule has 9 nitrogen and oxygen atoms in total. The van der Waals surface area contributed by atoms with Crippen LogP contribution in [0, 0.1) is 17.2 Å². The molecule has 3 heterocycles. The number of halogens is 3. The van der Waals surface area contributed by atoms with E-state index in [0.717, 1.165) is 18.4 Å². The first kappa shape index (κ1) is 32.6. The van der Waals surface area contributed by atoms with Gasteiger partial charge in [0.05, 0.1) is 24.6 Å². The Morgan fingerprint density at radius 2 is 1.84 bits per heavy atom. The Kier molecular flexibility index (Phi) is 9.56. The number of rotatable bonds is 7. The number of primary amides is 1. The lowest BCUT2D eigenvalue weighted by atomic mass is 9.63. The van der Waals surface area contributed by atoms with Crippen LogP contribution in [0.5, 0.6) is 0 Å². The third-order valence-electron chi connectivity index (χ3n) is 9.70. The lowest BCUT2D eigenvalue weighted by Gasteiger charge is -2.45. The number of ether oxygens (including phenoxy) is 1. The van der Waals surface area contributed by atoms with Gasteiger partial charge in [0, 0.05) is 28.4 Å². The van der Waals surface area contributed by atoms with Crippen molar-refractivity contribution in [1.82, 2.24) is 15.6 Å². The zero-order valence-electron chi connectivity index (χ0n) is 25.2. The first-order valence-corrected chi connectivity index (χ1v) is 16.0. The molecule has 3 amide bonds. The number of carbonyl (C=O) groups excluding carboxylic acids is 3. The standard InChI is InChI=1S/C32H40Cl2FN5O4/c1-4-17-5-6-18(33)15-21(17)39-29(42)24-23(20-9-14-37-27(34)25(20)35)26(40-32(24)12-10-31(2,3)11-13-32)30(43)38-19-7-8-22(28(36)41)44-16-19/h5-6,9,14-15,19,22-24,26,40H,4,7-8,10-13,16H2,1-3H3,(H2,36,41)(H,38,43)(H,39,42)/t19-,22+,23-,24-,26-/m1/s1. The number of aryl methyl sites for hydroxylation is 1. The van der Waals surface area contributed by atoms with Crippen LogP contribution in [0.3, 0.4) is 0 Å². The summed E-state index contributed by atoms with van der Waals surface area (Å²) in [5, 5.41) is 9.84. The lowest BCUT2D eigenvalue weighted by Crippen LogP contribution is -2.56. The third-order valence-corrected chi connectivity index (χ3v) is 10.2. The highest BCUT2D eigenvalue weighted by atomic mass is 35.5. The number of hydrogen-bond acceptors (Lipinski definition) is 6. The highest BCUT2D eigenvalue weighted by molar-refractivity contribution is 6.31. The van der Waals surface area contributed by atoms with Gasteiger partial charge in [-0.3, -0.25) is 19.7 Å². The third kappa shape index (κ3) is 6.59. The predicted octanol–water partition coefficient (Wildman–Crippen LogP) is 4.89. The zero-order valence-corrected chi connectivity index (χ0v) is 26.7. The van der Waals surface area contributed by atoms with E-state index in [1.165, 1.54) is 12.3 Å². The molecule has 5 atom stereocenters. The van der Waals surface area contributed by atoms with E-state index in [0.29, 0.717) is 42.8 Å². The molecule has 0 unspecified atom stereocenters. The molecule has 44 heavy (non-hydrogen) atoms. The molecule has 2 aromatic rings. The second-order valence-corrected chi connectivity index (χ2v) is 13.9. The first-order chi connectivity index (χ1) is 20.8. The Morgan fingerprint density at radius 3 is 2.48 bits per heavy atom. The van der Waals surface area contributed by atoms with E-state index >= 15 is 4.39 Å². The molecule has 0 radical (unpaired) electrons. The summed E-state index contributed by atoms with van der Waals surface area (Å²) in [5.41, 5.74) is 6.28. The number of aromatic nitrogens is 1. The molecule has 3 fully saturated rings. The number of nitrogens with zero attached hydrogens (tertiary/aromatic N) is 1. The Hall–Kier alpha value is -2.79. The van der Waals surface area contributed by atoms with Crippen LogP contribution < -0.4 is 21.7 Å². The van der Waals surface area contributed by atoms with Crippen molar-refractivity contribution in [1.29, 1.82) is 0 Å². The van der Waals surface area contributed by atoms with Crippen LogP contribution in [-0.2, 0) is 25.5 Å². The fraction of sp³-hybridized carbons (Fsp3) is 0.562. The minimum Gasteiger partial charge on any atom is -0.367 e. The van der Waals surface area contributed by atoms with E-state index in [9.17, 15) is 14.4 Å². The van der Waals surface area contributed by atoms with Crippen molar-refractivity contribution in [2.24, 2.45) is 17.1 Å². The second kappa shape index (κ2) is 12.9. The normalized spacial score (nSPS) is 27.5. The molecule has 1 spiro atoms. The molecule has 5 rings (SSSR count). The van der Waals surface area contributed by atoms with Crippen LogP contribution in [0.2, 0.25) is 10.2 Å². The highest BCUT2D eigenvalue weighted by Gasteiger charge is 2.60. The molecule has 1 saturated carbocycles. The SMILES string of the molecule is CCc1ccc(Cl)cc1NC(=O)[C@H]1[C@@H](c2ccnc(Cl)c2F)[C@H](C(=O)N[C@@H]2CC[C@@H](C(N)=O)OC2)NC12CCC(C)(C)CC2. The molecule has 3 aliphatic rings. The van der Waals surface area contributed by atoms with Gasteiger partial charge < -0.3 is 21.1 Å². The zero-order chi connectivity index (χ0) is 31.8. The molecular formula is C32H40Cl2FN5O4. The molecule has 238 valence electrons. The molecule has 1 aliphatic carbocycles. The predicted molar refractivity (Wildman–Crippen MR) is 167 cm³/mol. The van der Waals surface area contributed by atoms with Gasteiger partial charge >= 0.3 is 0 Å². The summed E-state index contributed by atoms with van der Waals surface area (Å²) in [6.07, 6.45) is 5.07. The minimum absolute atomic E-state index is 0.0494. The first-order valence-electron chi connectivity index (χ1n) is 15.2. The monoisotopic (exact) mass is 647 g/mol.